The fourth-order valence-electron chi connectivity index (χ4n) is 1.62. The third-order valence-corrected chi connectivity index (χ3v) is 4.34. The molecule has 2 rings (SSSR count). The molecule has 0 aliphatic heterocycles. The summed E-state index contributed by atoms with van der Waals surface area (Å²) in [4.78, 5) is 22.2. The number of allylic oxidation sites excluding steroid dienone is 4. The second-order valence-corrected chi connectivity index (χ2v) is 6.33. The molecule has 1 aliphatic carbocycles. The Hall–Kier alpha value is -2.45. The molecule has 7 nitrogen and oxygen atoms in total. The zero-order valence-electron chi connectivity index (χ0n) is 11.8. The summed E-state index contributed by atoms with van der Waals surface area (Å²) in [5.74, 6) is -0.416. The zero-order chi connectivity index (χ0) is 17.0. The van der Waals surface area contributed by atoms with Crippen LogP contribution in [-0.4, -0.2) is 33.1 Å². The Morgan fingerprint density at radius 3 is 2.43 bits per heavy atom. The van der Waals surface area contributed by atoms with E-state index in [-0.39, 0.29) is 15.6 Å². The fraction of sp³-hybridized carbons (Fsp3) is 0.0714. The van der Waals surface area contributed by atoms with Crippen LogP contribution in [0.1, 0.15) is 0 Å². The van der Waals surface area contributed by atoms with Gasteiger partial charge >= 0.3 is 6.09 Å². The van der Waals surface area contributed by atoms with E-state index in [1.165, 1.54) is 43.5 Å². The highest BCUT2D eigenvalue weighted by Crippen LogP contribution is 2.18. The molecule has 1 aliphatic rings. The van der Waals surface area contributed by atoms with Crippen LogP contribution in [0.5, 0.6) is 0 Å². The Bertz CT molecular complexity index is 838. The number of halogens is 1. The van der Waals surface area contributed by atoms with Gasteiger partial charge in [0.25, 0.3) is 10.0 Å². The maximum Gasteiger partial charge on any atom is 0.411 e. The van der Waals surface area contributed by atoms with Crippen molar-refractivity contribution in [2.75, 3.05) is 12.4 Å². The maximum atomic E-state index is 12.2. The Morgan fingerprint density at radius 1 is 1.22 bits per heavy atom. The molecule has 0 spiro atoms. The molecule has 0 heterocycles. The Labute approximate surface area is 137 Å². The first-order valence-electron chi connectivity index (χ1n) is 6.21. The standard InChI is InChI=1S/C14H11ClN2O5S/c1-22-14(19)16-9-2-5-11(6-3-9)23(20,21)17-10-4-7-13(18)12(15)8-10/h2-8H,1H3,(H,16,19). The molecule has 23 heavy (non-hydrogen) atoms. The average molecular weight is 355 g/mol. The minimum absolute atomic E-state index is 0.0476. The van der Waals surface area contributed by atoms with Gasteiger partial charge in [-0.15, -0.1) is 0 Å². The molecule has 1 amide bonds. The van der Waals surface area contributed by atoms with E-state index in [4.69, 9.17) is 11.6 Å². The maximum absolute atomic E-state index is 12.2. The number of amides is 1. The first-order valence-corrected chi connectivity index (χ1v) is 8.03. The number of carbonyl (C=O) groups is 2. The van der Waals surface area contributed by atoms with E-state index in [1.807, 2.05) is 0 Å². The summed E-state index contributed by atoms with van der Waals surface area (Å²) in [5.41, 5.74) is 0.418. The molecule has 0 radical (unpaired) electrons. The van der Waals surface area contributed by atoms with Gasteiger partial charge in [-0.05, 0) is 42.5 Å². The molecular formula is C14H11ClN2O5S. The third kappa shape index (κ3) is 4.27. The third-order valence-electron chi connectivity index (χ3n) is 2.73. The Balaban J connectivity index is 2.25. The molecule has 0 aromatic heterocycles. The summed E-state index contributed by atoms with van der Waals surface area (Å²) in [6.45, 7) is 0. The SMILES string of the molecule is COC(=O)Nc1ccc(S(=O)(=O)N=C2C=CC(=O)C(Cl)=C2)cc1. The van der Waals surface area contributed by atoms with E-state index >= 15 is 0 Å². The van der Waals surface area contributed by atoms with E-state index in [0.717, 1.165) is 6.08 Å². The number of benzene rings is 1. The predicted octanol–water partition coefficient (Wildman–Crippen LogP) is 2.26. The van der Waals surface area contributed by atoms with Crippen LogP contribution in [0, 0.1) is 0 Å². The molecule has 0 fully saturated rings. The first-order chi connectivity index (χ1) is 10.8. The molecule has 1 aromatic rings. The van der Waals surface area contributed by atoms with Gasteiger partial charge in [-0.3, -0.25) is 10.1 Å². The van der Waals surface area contributed by atoms with Crippen LogP contribution in [0.15, 0.2) is 56.8 Å². The lowest BCUT2D eigenvalue weighted by Crippen LogP contribution is -2.11. The summed E-state index contributed by atoms with van der Waals surface area (Å²) in [5, 5.41) is 2.28. The number of sulfonamides is 1. The number of carbonyl (C=O) groups excluding carboxylic acids is 2. The largest absolute Gasteiger partial charge is 0.453 e. The van der Waals surface area contributed by atoms with Gasteiger partial charge in [-0.1, -0.05) is 11.6 Å². The molecule has 9 heteroatoms. The molecule has 0 bridgehead atoms. The van der Waals surface area contributed by atoms with Gasteiger partial charge < -0.3 is 4.74 Å². The highest BCUT2D eigenvalue weighted by molar-refractivity contribution is 7.90. The molecule has 1 aromatic carbocycles. The predicted molar refractivity (Wildman–Crippen MR) is 85.2 cm³/mol. The number of rotatable bonds is 3. The van der Waals surface area contributed by atoms with Crippen molar-refractivity contribution >= 4 is 44.9 Å². The summed E-state index contributed by atoms with van der Waals surface area (Å²) in [6.07, 6.45) is 2.91. The molecule has 120 valence electrons. The fourth-order valence-corrected chi connectivity index (χ4v) is 2.77. The number of methoxy groups -OCH3 is 1. The van der Waals surface area contributed by atoms with Gasteiger partial charge in [-0.25, -0.2) is 4.79 Å². The highest BCUT2D eigenvalue weighted by Gasteiger charge is 2.16. The van der Waals surface area contributed by atoms with E-state index in [9.17, 15) is 18.0 Å². The van der Waals surface area contributed by atoms with Crippen molar-refractivity contribution in [3.8, 4) is 0 Å². The van der Waals surface area contributed by atoms with Crippen LogP contribution >= 0.6 is 11.6 Å². The molecule has 0 unspecified atom stereocenters. The van der Waals surface area contributed by atoms with Gasteiger partial charge in [0, 0.05) is 5.69 Å². The van der Waals surface area contributed by atoms with Crippen molar-refractivity contribution in [1.82, 2.24) is 0 Å². The zero-order valence-corrected chi connectivity index (χ0v) is 13.4. The van der Waals surface area contributed by atoms with Gasteiger partial charge in [0.2, 0.25) is 0 Å². The van der Waals surface area contributed by atoms with Crippen molar-refractivity contribution in [3.05, 3.63) is 47.5 Å². The lowest BCUT2D eigenvalue weighted by Gasteiger charge is -2.06. The topological polar surface area (TPSA) is 102 Å². The van der Waals surface area contributed by atoms with Crippen LogP contribution in [0.2, 0.25) is 0 Å². The van der Waals surface area contributed by atoms with Crippen LogP contribution in [0.3, 0.4) is 0 Å². The van der Waals surface area contributed by atoms with Crippen molar-refractivity contribution in [2.24, 2.45) is 4.40 Å². The van der Waals surface area contributed by atoms with Gasteiger partial charge in [0.05, 0.1) is 22.7 Å². The molecular weight excluding hydrogens is 344 g/mol. The number of ketones is 1. The number of hydrogen-bond donors (Lipinski definition) is 1. The number of hydrogen-bond acceptors (Lipinski definition) is 5. The van der Waals surface area contributed by atoms with Crippen LogP contribution in [-0.2, 0) is 19.6 Å². The van der Waals surface area contributed by atoms with Crippen molar-refractivity contribution in [2.45, 2.75) is 4.90 Å². The molecule has 0 saturated carbocycles. The summed E-state index contributed by atoms with van der Waals surface area (Å²) >= 11 is 5.65. The number of nitrogens with one attached hydrogen (secondary N) is 1. The molecule has 1 N–H and O–H groups in total. The van der Waals surface area contributed by atoms with Crippen LogP contribution < -0.4 is 5.32 Å². The quantitative estimate of drug-likeness (QED) is 0.839. The lowest BCUT2D eigenvalue weighted by atomic mass is 10.2. The van der Waals surface area contributed by atoms with E-state index in [0.29, 0.717) is 5.69 Å². The van der Waals surface area contributed by atoms with E-state index in [1.54, 1.807) is 0 Å². The first kappa shape index (κ1) is 16.9. The van der Waals surface area contributed by atoms with Crippen molar-refractivity contribution in [3.63, 3.8) is 0 Å². The summed E-state index contributed by atoms with van der Waals surface area (Å²) in [7, 11) is -2.76. The Morgan fingerprint density at radius 2 is 1.87 bits per heavy atom. The summed E-state index contributed by atoms with van der Waals surface area (Å²) < 4.78 is 32.4. The summed E-state index contributed by atoms with van der Waals surface area (Å²) in [6, 6.07) is 5.36. The van der Waals surface area contributed by atoms with Gasteiger partial charge in [-0.2, -0.15) is 12.8 Å². The molecule has 0 saturated heterocycles. The number of nitrogens with zero attached hydrogens (tertiary/aromatic N) is 1. The van der Waals surface area contributed by atoms with E-state index < -0.39 is 21.9 Å². The van der Waals surface area contributed by atoms with Crippen molar-refractivity contribution in [1.29, 1.82) is 0 Å². The smallest absolute Gasteiger partial charge is 0.411 e. The van der Waals surface area contributed by atoms with Crippen LogP contribution in [0.4, 0.5) is 10.5 Å². The van der Waals surface area contributed by atoms with Gasteiger partial charge in [0.1, 0.15) is 0 Å². The average Bonchev–Trinajstić information content (AvgIpc) is 2.51. The monoisotopic (exact) mass is 354 g/mol. The van der Waals surface area contributed by atoms with Crippen molar-refractivity contribution < 1.29 is 22.7 Å². The van der Waals surface area contributed by atoms with Gasteiger partial charge in [0.15, 0.2) is 5.78 Å². The lowest BCUT2D eigenvalue weighted by molar-refractivity contribution is -0.110. The molecule has 0 atom stereocenters. The second-order valence-electron chi connectivity index (χ2n) is 4.32. The number of anilines is 1. The van der Waals surface area contributed by atoms with Crippen LogP contribution in [0.25, 0.3) is 0 Å². The Kier molecular flexibility index (Phi) is 4.97. The van der Waals surface area contributed by atoms with E-state index in [2.05, 4.69) is 14.5 Å². The number of ether oxygens (including phenoxy) is 1. The highest BCUT2D eigenvalue weighted by atomic mass is 35.5. The minimum atomic E-state index is -3.97. The second kappa shape index (κ2) is 6.76. The minimum Gasteiger partial charge on any atom is -0.453 e. The normalized spacial score (nSPS) is 16.2.